The molecule has 2 N–H and O–H groups in total. The maximum Gasteiger partial charge on any atom is 0.305 e. The Morgan fingerprint density at radius 3 is 2.78 bits per heavy atom. The predicted molar refractivity (Wildman–Crippen MR) is 65.0 cm³/mol. The van der Waals surface area contributed by atoms with E-state index in [0.717, 1.165) is 0 Å². The van der Waals surface area contributed by atoms with Crippen molar-refractivity contribution in [3.05, 3.63) is 29.8 Å². The van der Waals surface area contributed by atoms with Gasteiger partial charge in [-0.25, -0.2) is 8.42 Å². The van der Waals surface area contributed by atoms with Crippen molar-refractivity contribution in [3.63, 3.8) is 0 Å². The molecule has 0 saturated heterocycles. The van der Waals surface area contributed by atoms with Crippen LogP contribution >= 0.6 is 0 Å². The predicted octanol–water partition coefficient (Wildman–Crippen LogP) is 0.588. The molecule has 7 heteroatoms. The number of aliphatic imine (C=N–C) groups is 1. The topological polar surface area (TPSA) is 95.8 Å². The summed E-state index contributed by atoms with van der Waals surface area (Å²) in [6.45, 7) is 1.62. The zero-order valence-corrected chi connectivity index (χ0v) is 10.4. The quantitative estimate of drug-likeness (QED) is 0.838. The Morgan fingerprint density at radius 1 is 1.44 bits per heavy atom. The van der Waals surface area contributed by atoms with Crippen LogP contribution < -0.4 is 4.72 Å². The van der Waals surface area contributed by atoms with Gasteiger partial charge in [0.05, 0.1) is 17.4 Å². The van der Waals surface area contributed by atoms with Gasteiger partial charge in [-0.05, 0) is 19.1 Å². The lowest BCUT2D eigenvalue weighted by Gasteiger charge is -2.04. The minimum Gasteiger partial charge on any atom is -0.481 e. The van der Waals surface area contributed by atoms with Gasteiger partial charge in [0.25, 0.3) is 10.0 Å². The highest BCUT2D eigenvalue weighted by Gasteiger charge is 2.30. The first kappa shape index (κ1) is 12.6. The normalized spacial score (nSPS) is 20.2. The van der Waals surface area contributed by atoms with Gasteiger partial charge in [0.1, 0.15) is 5.84 Å². The molecule has 1 aromatic carbocycles. The van der Waals surface area contributed by atoms with Gasteiger partial charge in [-0.3, -0.25) is 14.5 Å². The van der Waals surface area contributed by atoms with Crippen LogP contribution in [0, 0.1) is 0 Å². The second-order valence-electron chi connectivity index (χ2n) is 4.03. The van der Waals surface area contributed by atoms with E-state index in [9.17, 15) is 13.2 Å². The molecule has 96 valence electrons. The van der Waals surface area contributed by atoms with E-state index >= 15 is 0 Å². The van der Waals surface area contributed by atoms with E-state index in [-0.39, 0.29) is 17.2 Å². The average molecular weight is 268 g/mol. The molecule has 0 aliphatic carbocycles. The number of rotatable bonds is 3. The van der Waals surface area contributed by atoms with Crippen molar-refractivity contribution in [3.8, 4) is 0 Å². The lowest BCUT2D eigenvalue weighted by Crippen LogP contribution is -2.24. The summed E-state index contributed by atoms with van der Waals surface area (Å²) in [6.07, 6.45) is -0.145. The number of amidine groups is 1. The zero-order valence-electron chi connectivity index (χ0n) is 9.62. The molecule has 1 aliphatic rings. The summed E-state index contributed by atoms with van der Waals surface area (Å²) in [5.74, 6) is -0.764. The fourth-order valence-corrected chi connectivity index (χ4v) is 2.99. The summed E-state index contributed by atoms with van der Waals surface area (Å²) < 4.78 is 25.8. The summed E-state index contributed by atoms with van der Waals surface area (Å²) in [7, 11) is -3.56. The molecule has 6 nitrogen and oxygen atoms in total. The number of carboxylic acid groups (broad SMARTS) is 1. The summed E-state index contributed by atoms with van der Waals surface area (Å²) in [6, 6.07) is 5.97. The van der Waals surface area contributed by atoms with Crippen LogP contribution in [0.15, 0.2) is 34.2 Å². The van der Waals surface area contributed by atoms with Gasteiger partial charge in [0.15, 0.2) is 0 Å². The highest BCUT2D eigenvalue weighted by molar-refractivity contribution is 7.90. The number of nitrogens with zero attached hydrogens (tertiary/aromatic N) is 1. The first-order valence-corrected chi connectivity index (χ1v) is 6.80. The Morgan fingerprint density at radius 2 is 2.11 bits per heavy atom. The Labute approximate surface area is 104 Å². The highest BCUT2D eigenvalue weighted by Crippen LogP contribution is 2.22. The van der Waals surface area contributed by atoms with Gasteiger partial charge in [-0.2, -0.15) is 0 Å². The van der Waals surface area contributed by atoms with Crippen molar-refractivity contribution in [2.75, 3.05) is 0 Å². The molecular formula is C11H12N2O4S. The van der Waals surface area contributed by atoms with Crippen LogP contribution in [-0.4, -0.2) is 31.4 Å². The molecule has 0 saturated carbocycles. The number of aliphatic carboxylic acids is 1. The number of benzene rings is 1. The molecule has 0 spiro atoms. The summed E-state index contributed by atoms with van der Waals surface area (Å²) >= 11 is 0. The Hall–Kier alpha value is -1.89. The molecule has 1 heterocycles. The first-order chi connectivity index (χ1) is 8.40. The van der Waals surface area contributed by atoms with E-state index in [4.69, 9.17) is 5.11 Å². The standard InChI is InChI=1S/C11H12N2O4S/c1-7(6-10(14)15)12-11-8-4-2-3-5-9(8)18(16,17)13-11/h2-5,7H,6H2,1H3,(H,12,13)(H,14,15)/t7-/m1/s1. The molecule has 1 atom stereocenters. The lowest BCUT2D eigenvalue weighted by molar-refractivity contribution is -0.137. The van der Waals surface area contributed by atoms with Crippen LogP contribution in [0.1, 0.15) is 18.9 Å². The van der Waals surface area contributed by atoms with Crippen molar-refractivity contribution < 1.29 is 18.3 Å². The zero-order chi connectivity index (χ0) is 13.3. The Kier molecular flexibility index (Phi) is 3.08. The van der Waals surface area contributed by atoms with E-state index in [2.05, 4.69) is 9.71 Å². The van der Waals surface area contributed by atoms with Gasteiger partial charge in [-0.15, -0.1) is 0 Å². The van der Waals surface area contributed by atoms with Crippen molar-refractivity contribution in [2.24, 2.45) is 4.99 Å². The molecule has 2 rings (SSSR count). The monoisotopic (exact) mass is 268 g/mol. The third-order valence-electron chi connectivity index (χ3n) is 2.48. The second kappa shape index (κ2) is 4.41. The maximum atomic E-state index is 11.8. The first-order valence-electron chi connectivity index (χ1n) is 5.32. The molecule has 0 fully saturated rings. The number of hydrogen-bond acceptors (Lipinski definition) is 4. The third kappa shape index (κ3) is 2.35. The Bertz CT molecular complexity index is 622. The van der Waals surface area contributed by atoms with Crippen LogP contribution in [-0.2, 0) is 14.8 Å². The van der Waals surface area contributed by atoms with Crippen molar-refractivity contribution >= 4 is 21.8 Å². The average Bonchev–Trinajstić information content (AvgIpc) is 2.50. The fourth-order valence-electron chi connectivity index (χ4n) is 1.75. The van der Waals surface area contributed by atoms with Crippen molar-refractivity contribution in [1.82, 2.24) is 4.72 Å². The van der Waals surface area contributed by atoms with E-state index in [1.165, 1.54) is 6.07 Å². The SMILES string of the molecule is C[C@H](CC(=O)O)N=C1NS(=O)(=O)c2ccccc21. The minimum atomic E-state index is -3.56. The van der Waals surface area contributed by atoms with E-state index in [0.29, 0.717) is 5.56 Å². The largest absolute Gasteiger partial charge is 0.481 e. The number of nitrogens with one attached hydrogen (secondary N) is 1. The molecular weight excluding hydrogens is 256 g/mol. The second-order valence-corrected chi connectivity index (χ2v) is 5.68. The molecule has 0 unspecified atom stereocenters. The number of fused-ring (bicyclic) bond motifs is 1. The maximum absolute atomic E-state index is 11.8. The van der Waals surface area contributed by atoms with Crippen LogP contribution in [0.2, 0.25) is 0 Å². The van der Waals surface area contributed by atoms with E-state index in [1.54, 1.807) is 25.1 Å². The smallest absolute Gasteiger partial charge is 0.305 e. The highest BCUT2D eigenvalue weighted by atomic mass is 32.2. The molecule has 0 amide bonds. The van der Waals surface area contributed by atoms with E-state index in [1.807, 2.05) is 0 Å². The third-order valence-corrected chi connectivity index (χ3v) is 3.88. The van der Waals surface area contributed by atoms with Crippen LogP contribution in [0.25, 0.3) is 0 Å². The minimum absolute atomic E-state index is 0.145. The summed E-state index contributed by atoms with van der Waals surface area (Å²) in [4.78, 5) is 14.8. The molecule has 0 radical (unpaired) electrons. The number of carbonyl (C=O) groups is 1. The molecule has 1 aliphatic heterocycles. The van der Waals surface area contributed by atoms with E-state index < -0.39 is 22.0 Å². The molecule has 0 bridgehead atoms. The molecule has 18 heavy (non-hydrogen) atoms. The summed E-state index contributed by atoms with van der Waals surface area (Å²) in [5.41, 5.74) is 0.481. The Balaban J connectivity index is 2.39. The van der Waals surface area contributed by atoms with Gasteiger partial charge >= 0.3 is 5.97 Å². The molecule has 1 aromatic rings. The number of sulfonamides is 1. The van der Waals surface area contributed by atoms with Crippen LogP contribution in [0.5, 0.6) is 0 Å². The number of carboxylic acids is 1. The van der Waals surface area contributed by atoms with Gasteiger partial charge < -0.3 is 5.11 Å². The van der Waals surface area contributed by atoms with Crippen molar-refractivity contribution in [1.29, 1.82) is 0 Å². The fraction of sp³-hybridized carbons (Fsp3) is 0.273. The van der Waals surface area contributed by atoms with Crippen LogP contribution in [0.3, 0.4) is 0 Å². The van der Waals surface area contributed by atoms with Crippen LogP contribution in [0.4, 0.5) is 0 Å². The van der Waals surface area contributed by atoms with Gasteiger partial charge in [0.2, 0.25) is 0 Å². The van der Waals surface area contributed by atoms with Crippen molar-refractivity contribution in [2.45, 2.75) is 24.3 Å². The molecule has 0 aromatic heterocycles. The summed E-state index contributed by atoms with van der Waals surface area (Å²) in [5, 5.41) is 8.65. The lowest BCUT2D eigenvalue weighted by atomic mass is 10.2. The van der Waals surface area contributed by atoms with Gasteiger partial charge in [0, 0.05) is 5.56 Å². The van der Waals surface area contributed by atoms with Gasteiger partial charge in [-0.1, -0.05) is 12.1 Å². The number of hydrogen-bond donors (Lipinski definition) is 2.